The third-order valence-corrected chi connectivity index (χ3v) is 8.30. The van der Waals surface area contributed by atoms with E-state index < -0.39 is 0 Å². The van der Waals surface area contributed by atoms with Gasteiger partial charge >= 0.3 is 0 Å². The Hall–Kier alpha value is 0.660. The molecule has 106 valence electrons. The SMILES string of the molecule is CC1CC(C)CC(C(N)C2CSC(C)C(C)S2)C1. The fraction of sp³-hybridized carbons (Fsp3) is 1.00. The quantitative estimate of drug-likeness (QED) is 0.831. The highest BCUT2D eigenvalue weighted by atomic mass is 32.2. The highest BCUT2D eigenvalue weighted by Gasteiger charge is 2.36. The van der Waals surface area contributed by atoms with Crippen LogP contribution in [0.15, 0.2) is 0 Å². The van der Waals surface area contributed by atoms with E-state index in [2.05, 4.69) is 51.2 Å². The summed E-state index contributed by atoms with van der Waals surface area (Å²) in [6.45, 7) is 9.54. The average molecular weight is 288 g/mol. The van der Waals surface area contributed by atoms with Crippen molar-refractivity contribution in [3.05, 3.63) is 0 Å². The van der Waals surface area contributed by atoms with E-state index in [-0.39, 0.29) is 0 Å². The van der Waals surface area contributed by atoms with Crippen molar-refractivity contribution in [2.24, 2.45) is 23.5 Å². The molecule has 0 aromatic heterocycles. The van der Waals surface area contributed by atoms with Crippen molar-refractivity contribution < 1.29 is 0 Å². The van der Waals surface area contributed by atoms with Gasteiger partial charge in [0.15, 0.2) is 0 Å². The Bertz CT molecular complexity index is 261. The summed E-state index contributed by atoms with van der Waals surface area (Å²) in [4.78, 5) is 0. The Kier molecular flexibility index (Phi) is 5.36. The lowest BCUT2D eigenvalue weighted by Gasteiger charge is -2.41. The summed E-state index contributed by atoms with van der Waals surface area (Å²) in [5.41, 5.74) is 6.62. The molecule has 1 aliphatic heterocycles. The molecule has 1 nitrogen and oxygen atoms in total. The Balaban J connectivity index is 1.92. The molecule has 1 saturated carbocycles. The van der Waals surface area contributed by atoms with Gasteiger partial charge in [0.2, 0.25) is 0 Å². The lowest BCUT2D eigenvalue weighted by Crippen LogP contribution is -2.46. The molecule has 3 heteroatoms. The molecule has 0 radical (unpaired) electrons. The van der Waals surface area contributed by atoms with E-state index in [9.17, 15) is 0 Å². The fourth-order valence-corrected chi connectivity index (χ4v) is 6.78. The summed E-state index contributed by atoms with van der Waals surface area (Å²) in [5, 5.41) is 2.24. The van der Waals surface area contributed by atoms with Crippen molar-refractivity contribution in [2.45, 2.75) is 68.7 Å². The predicted molar refractivity (Wildman–Crippen MR) is 86.4 cm³/mol. The number of thioether (sulfide) groups is 2. The van der Waals surface area contributed by atoms with Gasteiger partial charge in [0, 0.05) is 27.5 Å². The molecule has 0 aromatic carbocycles. The van der Waals surface area contributed by atoms with Gasteiger partial charge in [-0.1, -0.05) is 27.7 Å². The predicted octanol–water partition coefficient (Wildman–Crippen LogP) is 4.01. The highest BCUT2D eigenvalue weighted by Crippen LogP contribution is 2.41. The molecule has 0 amide bonds. The van der Waals surface area contributed by atoms with Gasteiger partial charge in [-0.05, 0) is 37.0 Å². The van der Waals surface area contributed by atoms with Crippen LogP contribution in [0.2, 0.25) is 0 Å². The van der Waals surface area contributed by atoms with E-state index in [1.165, 1.54) is 25.0 Å². The summed E-state index contributed by atoms with van der Waals surface area (Å²) in [6, 6.07) is 0.419. The zero-order chi connectivity index (χ0) is 13.3. The molecule has 0 spiro atoms. The van der Waals surface area contributed by atoms with Crippen LogP contribution in [-0.4, -0.2) is 27.5 Å². The number of hydrogen-bond donors (Lipinski definition) is 1. The van der Waals surface area contributed by atoms with Gasteiger partial charge in [-0.3, -0.25) is 0 Å². The Morgan fingerprint density at radius 2 is 1.56 bits per heavy atom. The Morgan fingerprint density at radius 1 is 0.944 bits per heavy atom. The van der Waals surface area contributed by atoms with E-state index in [1.807, 2.05) is 0 Å². The largest absolute Gasteiger partial charge is 0.326 e. The second-order valence-corrected chi connectivity index (χ2v) is 9.70. The zero-order valence-electron chi connectivity index (χ0n) is 12.3. The van der Waals surface area contributed by atoms with Crippen LogP contribution >= 0.6 is 23.5 Å². The van der Waals surface area contributed by atoms with Crippen LogP contribution in [0, 0.1) is 17.8 Å². The van der Waals surface area contributed by atoms with Gasteiger partial charge < -0.3 is 5.73 Å². The van der Waals surface area contributed by atoms with Crippen molar-refractivity contribution in [3.63, 3.8) is 0 Å². The summed E-state index contributed by atoms with van der Waals surface area (Å²) >= 11 is 4.28. The smallest absolute Gasteiger partial charge is 0.0295 e. The lowest BCUT2D eigenvalue weighted by atomic mass is 9.73. The number of rotatable bonds is 2. The number of nitrogens with two attached hydrogens (primary N) is 1. The maximum atomic E-state index is 6.62. The molecule has 2 aliphatic rings. The first-order valence-electron chi connectivity index (χ1n) is 7.50. The van der Waals surface area contributed by atoms with Crippen LogP contribution in [0.25, 0.3) is 0 Å². The first kappa shape index (κ1) is 15.1. The molecule has 1 heterocycles. The summed E-state index contributed by atoms with van der Waals surface area (Å²) < 4.78 is 0. The lowest BCUT2D eigenvalue weighted by molar-refractivity contribution is 0.193. The molecule has 0 bridgehead atoms. The third kappa shape index (κ3) is 3.61. The van der Waals surface area contributed by atoms with Gasteiger partial charge in [-0.2, -0.15) is 23.5 Å². The maximum Gasteiger partial charge on any atom is 0.0295 e. The van der Waals surface area contributed by atoms with Gasteiger partial charge in [-0.25, -0.2) is 0 Å². The zero-order valence-corrected chi connectivity index (χ0v) is 13.9. The van der Waals surface area contributed by atoms with Crippen LogP contribution in [0.3, 0.4) is 0 Å². The van der Waals surface area contributed by atoms with Crippen molar-refractivity contribution >= 4 is 23.5 Å². The van der Waals surface area contributed by atoms with E-state index in [4.69, 9.17) is 5.73 Å². The summed E-state index contributed by atoms with van der Waals surface area (Å²) in [5.74, 6) is 3.78. The topological polar surface area (TPSA) is 26.0 Å². The minimum absolute atomic E-state index is 0.419. The Labute approximate surface area is 121 Å². The van der Waals surface area contributed by atoms with E-state index >= 15 is 0 Å². The highest BCUT2D eigenvalue weighted by molar-refractivity contribution is 8.07. The van der Waals surface area contributed by atoms with Gasteiger partial charge in [0.1, 0.15) is 0 Å². The molecule has 2 rings (SSSR count). The van der Waals surface area contributed by atoms with Gasteiger partial charge in [0.05, 0.1) is 0 Å². The second kappa shape index (κ2) is 6.41. The van der Waals surface area contributed by atoms with Crippen molar-refractivity contribution in [3.8, 4) is 0 Å². The molecule has 1 saturated heterocycles. The fourth-order valence-electron chi connectivity index (χ4n) is 3.64. The molecule has 1 aliphatic carbocycles. The molecule has 2 N–H and O–H groups in total. The average Bonchev–Trinajstić information content (AvgIpc) is 2.30. The van der Waals surface area contributed by atoms with Crippen molar-refractivity contribution in [2.75, 3.05) is 5.75 Å². The third-order valence-electron chi connectivity index (χ3n) is 4.76. The van der Waals surface area contributed by atoms with E-state index in [0.29, 0.717) is 11.3 Å². The number of hydrogen-bond acceptors (Lipinski definition) is 3. The first-order chi connectivity index (χ1) is 8.47. The normalized spacial score (nSPS) is 47.8. The van der Waals surface area contributed by atoms with Crippen LogP contribution in [0.4, 0.5) is 0 Å². The second-order valence-electron chi connectivity index (χ2n) is 6.67. The molecule has 0 aromatic rings. The maximum absolute atomic E-state index is 6.62. The molecule has 6 unspecified atom stereocenters. The standard InChI is InChI=1S/C15H29NS2/c1-9-5-10(2)7-13(6-9)15(16)14-8-17-11(3)12(4)18-14/h9-15H,5-8,16H2,1-4H3. The van der Waals surface area contributed by atoms with Crippen LogP contribution in [0.1, 0.15) is 47.0 Å². The minimum Gasteiger partial charge on any atom is -0.326 e. The van der Waals surface area contributed by atoms with Gasteiger partial charge in [0.25, 0.3) is 0 Å². The van der Waals surface area contributed by atoms with Crippen LogP contribution < -0.4 is 5.73 Å². The Morgan fingerprint density at radius 3 is 2.11 bits per heavy atom. The molecular weight excluding hydrogens is 258 g/mol. The van der Waals surface area contributed by atoms with Crippen molar-refractivity contribution in [1.82, 2.24) is 0 Å². The molecule has 6 atom stereocenters. The monoisotopic (exact) mass is 287 g/mol. The van der Waals surface area contributed by atoms with Crippen LogP contribution in [-0.2, 0) is 0 Å². The van der Waals surface area contributed by atoms with Crippen molar-refractivity contribution in [1.29, 1.82) is 0 Å². The summed E-state index contributed by atoms with van der Waals surface area (Å²) in [6.07, 6.45) is 4.12. The minimum atomic E-state index is 0.419. The first-order valence-corrected chi connectivity index (χ1v) is 9.49. The molecule has 18 heavy (non-hydrogen) atoms. The van der Waals surface area contributed by atoms with Crippen LogP contribution in [0.5, 0.6) is 0 Å². The van der Waals surface area contributed by atoms with Gasteiger partial charge in [-0.15, -0.1) is 0 Å². The molecular formula is C15H29NS2. The van der Waals surface area contributed by atoms with E-state index in [0.717, 1.165) is 28.3 Å². The summed E-state index contributed by atoms with van der Waals surface area (Å²) in [7, 11) is 0. The van der Waals surface area contributed by atoms with E-state index in [1.54, 1.807) is 0 Å². The molecule has 2 fully saturated rings.